The van der Waals surface area contributed by atoms with Crippen molar-refractivity contribution in [3.8, 4) is 11.8 Å². The van der Waals surface area contributed by atoms with Crippen molar-refractivity contribution in [2.24, 2.45) is 0 Å². The highest BCUT2D eigenvalue weighted by Crippen LogP contribution is 2.21. The maximum absolute atomic E-state index is 8.44. The molecule has 2 aromatic rings. The van der Waals surface area contributed by atoms with E-state index in [0.717, 1.165) is 25.3 Å². The van der Waals surface area contributed by atoms with Crippen molar-refractivity contribution in [1.29, 1.82) is 5.26 Å². The largest absolute Gasteiger partial charge is 0.497 e. The first-order chi connectivity index (χ1) is 9.33. The van der Waals surface area contributed by atoms with Gasteiger partial charge in [0.25, 0.3) is 0 Å². The molecule has 3 heteroatoms. The molecule has 3 nitrogen and oxygen atoms in total. The Labute approximate surface area is 113 Å². The number of hydrogen-bond acceptors (Lipinski definition) is 3. The molecule has 0 amide bonds. The van der Waals surface area contributed by atoms with E-state index >= 15 is 0 Å². The van der Waals surface area contributed by atoms with Crippen molar-refractivity contribution in [1.82, 2.24) is 5.32 Å². The van der Waals surface area contributed by atoms with Gasteiger partial charge in [0, 0.05) is 13.0 Å². The molecule has 0 aromatic heterocycles. The third-order valence-corrected chi connectivity index (χ3v) is 3.12. The highest BCUT2D eigenvalue weighted by Gasteiger charge is 1.99. The van der Waals surface area contributed by atoms with E-state index in [9.17, 15) is 0 Å². The van der Waals surface area contributed by atoms with Crippen LogP contribution >= 0.6 is 0 Å². The van der Waals surface area contributed by atoms with Crippen LogP contribution in [0.15, 0.2) is 36.4 Å². The SMILES string of the molecule is COc1ccc2cc(CCNCCC#N)ccc2c1. The van der Waals surface area contributed by atoms with E-state index in [-0.39, 0.29) is 0 Å². The lowest BCUT2D eigenvalue weighted by Gasteiger charge is -2.06. The molecule has 0 aliphatic rings. The minimum Gasteiger partial charge on any atom is -0.497 e. The lowest BCUT2D eigenvalue weighted by Crippen LogP contribution is -2.18. The first-order valence-electron chi connectivity index (χ1n) is 6.48. The Morgan fingerprint density at radius 3 is 2.68 bits per heavy atom. The predicted octanol–water partition coefficient (Wildman–Crippen LogP) is 2.89. The maximum Gasteiger partial charge on any atom is 0.119 e. The monoisotopic (exact) mass is 254 g/mol. The van der Waals surface area contributed by atoms with E-state index in [2.05, 4.69) is 35.7 Å². The van der Waals surface area contributed by atoms with E-state index in [1.165, 1.54) is 16.3 Å². The second-order valence-corrected chi connectivity index (χ2v) is 4.46. The van der Waals surface area contributed by atoms with E-state index in [0.29, 0.717) is 6.42 Å². The van der Waals surface area contributed by atoms with Gasteiger partial charge >= 0.3 is 0 Å². The maximum atomic E-state index is 8.44. The molecular weight excluding hydrogens is 236 g/mol. The van der Waals surface area contributed by atoms with E-state index in [4.69, 9.17) is 10.00 Å². The van der Waals surface area contributed by atoms with E-state index in [1.54, 1.807) is 7.11 Å². The van der Waals surface area contributed by atoms with Crippen LogP contribution in [0, 0.1) is 11.3 Å². The lowest BCUT2D eigenvalue weighted by atomic mass is 10.0. The van der Waals surface area contributed by atoms with Crippen LogP contribution in [0.2, 0.25) is 0 Å². The molecule has 0 unspecified atom stereocenters. The molecule has 0 aliphatic carbocycles. The molecule has 0 bridgehead atoms. The summed E-state index contributed by atoms with van der Waals surface area (Å²) < 4.78 is 5.22. The van der Waals surface area contributed by atoms with Crippen molar-refractivity contribution in [2.75, 3.05) is 20.2 Å². The lowest BCUT2D eigenvalue weighted by molar-refractivity contribution is 0.415. The third-order valence-electron chi connectivity index (χ3n) is 3.12. The van der Waals surface area contributed by atoms with Gasteiger partial charge in [0.15, 0.2) is 0 Å². The van der Waals surface area contributed by atoms with Gasteiger partial charge in [-0.05, 0) is 41.4 Å². The van der Waals surface area contributed by atoms with Crippen LogP contribution in [0.3, 0.4) is 0 Å². The summed E-state index contributed by atoms with van der Waals surface area (Å²) in [4.78, 5) is 0. The fourth-order valence-electron chi connectivity index (χ4n) is 2.06. The van der Waals surface area contributed by atoms with Gasteiger partial charge in [-0.3, -0.25) is 0 Å². The second-order valence-electron chi connectivity index (χ2n) is 4.46. The van der Waals surface area contributed by atoms with Gasteiger partial charge < -0.3 is 10.1 Å². The van der Waals surface area contributed by atoms with Crippen LogP contribution < -0.4 is 10.1 Å². The molecule has 2 rings (SSSR count). The number of nitriles is 1. The second kappa shape index (κ2) is 6.77. The molecule has 0 fully saturated rings. The average molecular weight is 254 g/mol. The summed E-state index contributed by atoms with van der Waals surface area (Å²) >= 11 is 0. The summed E-state index contributed by atoms with van der Waals surface area (Å²) in [6.07, 6.45) is 1.55. The normalized spacial score (nSPS) is 10.3. The number of hydrogen-bond donors (Lipinski definition) is 1. The summed E-state index contributed by atoms with van der Waals surface area (Å²) in [6.45, 7) is 1.67. The predicted molar refractivity (Wildman–Crippen MR) is 77.3 cm³/mol. The Bertz CT molecular complexity index is 587. The summed E-state index contributed by atoms with van der Waals surface area (Å²) in [5.74, 6) is 0.887. The highest BCUT2D eigenvalue weighted by molar-refractivity contribution is 5.84. The Morgan fingerprint density at radius 1 is 1.11 bits per heavy atom. The first-order valence-corrected chi connectivity index (χ1v) is 6.48. The van der Waals surface area contributed by atoms with E-state index in [1.807, 2.05) is 12.1 Å². The van der Waals surface area contributed by atoms with Crippen LogP contribution in [0.25, 0.3) is 10.8 Å². The van der Waals surface area contributed by atoms with Gasteiger partial charge in [-0.1, -0.05) is 24.3 Å². The van der Waals surface area contributed by atoms with Crippen molar-refractivity contribution in [3.63, 3.8) is 0 Å². The highest BCUT2D eigenvalue weighted by atomic mass is 16.5. The van der Waals surface area contributed by atoms with Crippen molar-refractivity contribution in [3.05, 3.63) is 42.0 Å². The molecule has 2 aromatic carbocycles. The number of nitrogens with one attached hydrogen (secondary N) is 1. The molecular formula is C16H18N2O. The topological polar surface area (TPSA) is 45.0 Å². The first kappa shape index (κ1) is 13.4. The van der Waals surface area contributed by atoms with Crippen LogP contribution in [0.4, 0.5) is 0 Å². The number of fused-ring (bicyclic) bond motifs is 1. The van der Waals surface area contributed by atoms with E-state index < -0.39 is 0 Å². The molecule has 19 heavy (non-hydrogen) atoms. The Morgan fingerprint density at radius 2 is 1.89 bits per heavy atom. The van der Waals surface area contributed by atoms with Crippen molar-refractivity contribution < 1.29 is 4.74 Å². The molecule has 0 spiro atoms. The van der Waals surface area contributed by atoms with Crippen LogP contribution in [-0.2, 0) is 6.42 Å². The molecule has 1 N–H and O–H groups in total. The van der Waals surface area contributed by atoms with Crippen molar-refractivity contribution >= 4 is 10.8 Å². The zero-order chi connectivity index (χ0) is 13.5. The summed E-state index contributed by atoms with van der Waals surface area (Å²) in [7, 11) is 1.68. The minimum absolute atomic E-state index is 0.567. The van der Waals surface area contributed by atoms with Gasteiger partial charge in [-0.15, -0.1) is 0 Å². The van der Waals surface area contributed by atoms with Gasteiger partial charge in [0.2, 0.25) is 0 Å². The van der Waals surface area contributed by atoms with Crippen molar-refractivity contribution in [2.45, 2.75) is 12.8 Å². The summed E-state index contributed by atoms with van der Waals surface area (Å²) in [6, 6.07) is 14.7. The number of benzene rings is 2. The Balaban J connectivity index is 1.99. The molecule has 0 radical (unpaired) electrons. The zero-order valence-corrected chi connectivity index (χ0v) is 11.1. The van der Waals surface area contributed by atoms with Gasteiger partial charge in [0.05, 0.1) is 13.2 Å². The van der Waals surface area contributed by atoms with Gasteiger partial charge in [0.1, 0.15) is 5.75 Å². The fourth-order valence-corrected chi connectivity index (χ4v) is 2.06. The average Bonchev–Trinajstić information content (AvgIpc) is 2.46. The Kier molecular flexibility index (Phi) is 4.77. The summed E-state index contributed by atoms with van der Waals surface area (Å²) in [5.41, 5.74) is 1.31. The van der Waals surface area contributed by atoms with Crippen LogP contribution in [0.1, 0.15) is 12.0 Å². The number of rotatable bonds is 6. The number of ether oxygens (including phenoxy) is 1. The van der Waals surface area contributed by atoms with Gasteiger partial charge in [-0.25, -0.2) is 0 Å². The Hall–Kier alpha value is -2.05. The number of methoxy groups -OCH3 is 1. The molecule has 0 aliphatic heterocycles. The standard InChI is InChI=1S/C16H18N2O/c1-19-16-6-5-14-11-13(3-4-15(14)12-16)7-10-18-9-2-8-17/h3-6,11-12,18H,2,7,9-10H2,1H3. The summed E-state index contributed by atoms with van der Waals surface area (Å²) in [5, 5.41) is 14.1. The smallest absolute Gasteiger partial charge is 0.119 e. The molecule has 98 valence electrons. The molecule has 0 atom stereocenters. The van der Waals surface area contributed by atoms with Crippen LogP contribution in [-0.4, -0.2) is 20.2 Å². The van der Waals surface area contributed by atoms with Crippen LogP contribution in [0.5, 0.6) is 5.75 Å². The quantitative estimate of drug-likeness (QED) is 0.806. The fraction of sp³-hybridized carbons (Fsp3) is 0.312. The molecule has 0 heterocycles. The third kappa shape index (κ3) is 3.70. The molecule has 0 saturated heterocycles. The number of nitrogens with zero attached hydrogens (tertiary/aromatic N) is 1. The minimum atomic E-state index is 0.567. The zero-order valence-electron chi connectivity index (χ0n) is 11.1. The van der Waals surface area contributed by atoms with Gasteiger partial charge in [-0.2, -0.15) is 5.26 Å². The molecule has 0 saturated carbocycles.